The van der Waals surface area contributed by atoms with Crippen LogP contribution in [0.25, 0.3) is 0 Å². The lowest BCUT2D eigenvalue weighted by Gasteiger charge is -1.70. The summed E-state index contributed by atoms with van der Waals surface area (Å²) in [7, 11) is 0. The fourth-order valence-electron chi connectivity index (χ4n) is 0.372. The van der Waals surface area contributed by atoms with Crippen molar-refractivity contribution in [2.45, 2.75) is 20.8 Å². The Morgan fingerprint density at radius 3 is 2.22 bits per heavy atom. The smallest absolute Gasteiger partial charge is 0.180 e. The molecule has 0 aliphatic rings. The predicted molar refractivity (Wildman–Crippen MR) is 42.6 cm³/mol. The van der Waals surface area contributed by atoms with Crippen LogP contribution in [0.15, 0.2) is 6.20 Å². The number of nitrogen functional groups attached to an aromatic ring is 1. The maximum Gasteiger partial charge on any atom is 0.180 e. The zero-order chi connectivity index (χ0) is 7.28. The van der Waals surface area contributed by atoms with Gasteiger partial charge in [0.05, 0.1) is 0 Å². The average Bonchev–Trinajstić information content (AvgIpc) is 2.20. The normalized spacial score (nSPS) is 7.89. The number of thiazole rings is 1. The highest BCUT2D eigenvalue weighted by Crippen LogP contribution is 2.11. The molecule has 1 heterocycles. The van der Waals surface area contributed by atoms with Crippen LogP contribution >= 0.6 is 11.3 Å². The molecule has 0 saturated carbocycles. The van der Waals surface area contributed by atoms with Gasteiger partial charge in [-0.2, -0.15) is 0 Å². The second-order valence-electron chi connectivity index (χ2n) is 1.31. The van der Waals surface area contributed by atoms with E-state index in [-0.39, 0.29) is 0 Å². The lowest BCUT2D eigenvalue weighted by atomic mass is 10.7. The Bertz CT molecular complexity index is 143. The van der Waals surface area contributed by atoms with Gasteiger partial charge in [-0.3, -0.25) is 0 Å². The summed E-state index contributed by atoms with van der Waals surface area (Å²) in [6, 6.07) is 0. The van der Waals surface area contributed by atoms with Crippen LogP contribution in [0.4, 0.5) is 5.13 Å². The highest BCUT2D eigenvalue weighted by Gasteiger charge is 1.86. The Labute approximate surface area is 59.7 Å². The van der Waals surface area contributed by atoms with E-state index in [1.165, 1.54) is 11.3 Å². The van der Waals surface area contributed by atoms with Crippen molar-refractivity contribution < 1.29 is 0 Å². The minimum Gasteiger partial charge on any atom is -0.375 e. The molecule has 1 aromatic rings. The first-order valence-corrected chi connectivity index (χ1v) is 3.78. The summed E-state index contributed by atoms with van der Waals surface area (Å²) in [5.74, 6) is 0. The van der Waals surface area contributed by atoms with Crippen molar-refractivity contribution in [3.05, 3.63) is 11.1 Å². The van der Waals surface area contributed by atoms with Crippen molar-refractivity contribution in [1.29, 1.82) is 0 Å². The first kappa shape index (κ1) is 8.43. The van der Waals surface area contributed by atoms with Crippen molar-refractivity contribution >= 4 is 16.5 Å². The molecule has 0 fully saturated rings. The number of aryl methyl sites for hydroxylation is 1. The quantitative estimate of drug-likeness (QED) is 0.605. The Kier molecular flexibility index (Phi) is 4.05. The second-order valence-corrected chi connectivity index (χ2v) is 2.58. The SMILES string of the molecule is CC.Cc1cnc(N)s1. The summed E-state index contributed by atoms with van der Waals surface area (Å²) in [5.41, 5.74) is 5.29. The van der Waals surface area contributed by atoms with Crippen LogP contribution in [0.1, 0.15) is 18.7 Å². The van der Waals surface area contributed by atoms with Gasteiger partial charge in [0.1, 0.15) is 0 Å². The topological polar surface area (TPSA) is 38.9 Å². The standard InChI is InChI=1S/C4H6N2S.C2H6/c1-3-2-6-4(5)7-3;1-2/h2H,1H3,(H2,5,6);1-2H3. The van der Waals surface area contributed by atoms with Crippen molar-refractivity contribution in [3.8, 4) is 0 Å². The molecule has 9 heavy (non-hydrogen) atoms. The summed E-state index contributed by atoms with van der Waals surface area (Å²) in [5, 5.41) is 0.650. The third kappa shape index (κ3) is 3.08. The number of hydrogen-bond acceptors (Lipinski definition) is 3. The van der Waals surface area contributed by atoms with E-state index in [1.807, 2.05) is 20.8 Å². The van der Waals surface area contributed by atoms with Crippen LogP contribution in [0.3, 0.4) is 0 Å². The molecule has 0 atom stereocenters. The third-order valence-electron chi connectivity index (χ3n) is 0.639. The first-order valence-electron chi connectivity index (χ1n) is 2.97. The molecule has 1 rings (SSSR count). The second kappa shape index (κ2) is 4.32. The van der Waals surface area contributed by atoms with Crippen LogP contribution in [0.2, 0.25) is 0 Å². The zero-order valence-electron chi connectivity index (χ0n) is 6.01. The van der Waals surface area contributed by atoms with Gasteiger partial charge in [-0.05, 0) is 6.92 Å². The number of hydrogen-bond donors (Lipinski definition) is 1. The highest BCUT2D eigenvalue weighted by atomic mass is 32.1. The van der Waals surface area contributed by atoms with Gasteiger partial charge < -0.3 is 5.73 Å². The molecule has 0 unspecified atom stereocenters. The minimum absolute atomic E-state index is 0.650. The molecule has 2 nitrogen and oxygen atoms in total. The molecule has 0 aliphatic heterocycles. The Morgan fingerprint density at radius 1 is 1.56 bits per heavy atom. The largest absolute Gasteiger partial charge is 0.375 e. The first-order chi connectivity index (χ1) is 4.29. The van der Waals surface area contributed by atoms with E-state index in [9.17, 15) is 0 Å². The number of anilines is 1. The Morgan fingerprint density at radius 2 is 2.11 bits per heavy atom. The van der Waals surface area contributed by atoms with E-state index in [4.69, 9.17) is 5.73 Å². The average molecular weight is 144 g/mol. The van der Waals surface area contributed by atoms with Gasteiger partial charge in [-0.15, -0.1) is 11.3 Å². The van der Waals surface area contributed by atoms with Crippen LogP contribution in [0.5, 0.6) is 0 Å². The molecule has 0 spiro atoms. The van der Waals surface area contributed by atoms with Gasteiger partial charge in [0.15, 0.2) is 5.13 Å². The molecule has 2 N–H and O–H groups in total. The number of nitrogens with zero attached hydrogens (tertiary/aromatic N) is 1. The lowest BCUT2D eigenvalue weighted by Crippen LogP contribution is -1.77. The number of nitrogens with two attached hydrogens (primary N) is 1. The molecule has 0 saturated heterocycles. The van der Waals surface area contributed by atoms with Crippen molar-refractivity contribution in [1.82, 2.24) is 4.98 Å². The molecular weight excluding hydrogens is 132 g/mol. The summed E-state index contributed by atoms with van der Waals surface area (Å²) < 4.78 is 0. The van der Waals surface area contributed by atoms with Gasteiger partial charge in [0, 0.05) is 11.1 Å². The molecule has 1 aromatic heterocycles. The molecule has 0 radical (unpaired) electrons. The number of aromatic nitrogens is 1. The van der Waals surface area contributed by atoms with Gasteiger partial charge >= 0.3 is 0 Å². The molecule has 0 amide bonds. The van der Waals surface area contributed by atoms with Gasteiger partial charge in [0.2, 0.25) is 0 Å². The fraction of sp³-hybridized carbons (Fsp3) is 0.500. The lowest BCUT2D eigenvalue weighted by molar-refractivity contribution is 1.39. The van der Waals surface area contributed by atoms with Crippen LogP contribution in [0, 0.1) is 6.92 Å². The minimum atomic E-state index is 0.650. The maximum absolute atomic E-state index is 5.29. The van der Waals surface area contributed by atoms with E-state index >= 15 is 0 Å². The van der Waals surface area contributed by atoms with Crippen molar-refractivity contribution in [2.24, 2.45) is 0 Å². The molecule has 0 bridgehead atoms. The van der Waals surface area contributed by atoms with Crippen LogP contribution < -0.4 is 5.73 Å². The molecule has 3 heteroatoms. The van der Waals surface area contributed by atoms with E-state index in [0.29, 0.717) is 5.13 Å². The molecule has 52 valence electrons. The maximum atomic E-state index is 5.29. The van der Waals surface area contributed by atoms with Gasteiger partial charge in [-0.1, -0.05) is 13.8 Å². The van der Waals surface area contributed by atoms with E-state index < -0.39 is 0 Å². The van der Waals surface area contributed by atoms with E-state index in [2.05, 4.69) is 4.98 Å². The molecule has 0 aliphatic carbocycles. The predicted octanol–water partition coefficient (Wildman–Crippen LogP) is 2.06. The molecular formula is C6H12N2S. The van der Waals surface area contributed by atoms with E-state index in [0.717, 1.165) is 4.88 Å². The summed E-state index contributed by atoms with van der Waals surface area (Å²) >= 11 is 1.51. The van der Waals surface area contributed by atoms with E-state index in [1.54, 1.807) is 6.20 Å². The monoisotopic (exact) mass is 144 g/mol. The highest BCUT2D eigenvalue weighted by molar-refractivity contribution is 7.15. The van der Waals surface area contributed by atoms with Crippen LogP contribution in [-0.2, 0) is 0 Å². The summed E-state index contributed by atoms with van der Waals surface area (Å²) in [6.07, 6.45) is 1.76. The third-order valence-corrected chi connectivity index (χ3v) is 1.38. The Balaban J connectivity index is 0.000000291. The van der Waals surface area contributed by atoms with Crippen LogP contribution in [-0.4, -0.2) is 4.98 Å². The number of rotatable bonds is 0. The van der Waals surface area contributed by atoms with Gasteiger partial charge in [0.25, 0.3) is 0 Å². The summed E-state index contributed by atoms with van der Waals surface area (Å²) in [4.78, 5) is 4.98. The fourth-order valence-corrected chi connectivity index (χ4v) is 0.913. The van der Waals surface area contributed by atoms with Crippen molar-refractivity contribution in [2.75, 3.05) is 5.73 Å². The Hall–Kier alpha value is -0.570. The zero-order valence-corrected chi connectivity index (χ0v) is 6.83. The summed E-state index contributed by atoms with van der Waals surface area (Å²) in [6.45, 7) is 5.98. The van der Waals surface area contributed by atoms with Crippen molar-refractivity contribution in [3.63, 3.8) is 0 Å². The molecule has 0 aromatic carbocycles. The van der Waals surface area contributed by atoms with Gasteiger partial charge in [-0.25, -0.2) is 4.98 Å².